The van der Waals surface area contributed by atoms with Crippen LogP contribution in [0.1, 0.15) is 0 Å². The standard InChI is InChI=1S/C16H12O2S/c1-19-15-10-14(17)13-9-5-8-12(16(13)18-15)11-6-3-2-4-7-11/h2-10H,1H3. The van der Waals surface area contributed by atoms with Gasteiger partial charge in [0.2, 0.25) is 0 Å². The highest BCUT2D eigenvalue weighted by molar-refractivity contribution is 7.98. The molecule has 2 aromatic carbocycles. The maximum atomic E-state index is 12.1. The molecule has 3 heteroatoms. The maximum absolute atomic E-state index is 12.1. The molecule has 0 spiro atoms. The van der Waals surface area contributed by atoms with E-state index in [-0.39, 0.29) is 5.43 Å². The van der Waals surface area contributed by atoms with E-state index in [1.807, 2.05) is 48.7 Å². The molecule has 0 bridgehead atoms. The second-order valence-electron chi connectivity index (χ2n) is 4.18. The Bertz CT molecular complexity index is 776. The summed E-state index contributed by atoms with van der Waals surface area (Å²) in [5.41, 5.74) is 2.66. The van der Waals surface area contributed by atoms with Crippen molar-refractivity contribution in [2.24, 2.45) is 0 Å². The lowest BCUT2D eigenvalue weighted by atomic mass is 10.0. The van der Waals surface area contributed by atoms with Crippen molar-refractivity contribution < 1.29 is 4.42 Å². The zero-order chi connectivity index (χ0) is 13.2. The minimum Gasteiger partial charge on any atom is -0.449 e. The van der Waals surface area contributed by atoms with E-state index >= 15 is 0 Å². The van der Waals surface area contributed by atoms with E-state index in [0.29, 0.717) is 16.1 Å². The molecular weight excluding hydrogens is 256 g/mol. The Morgan fingerprint density at radius 1 is 1.00 bits per heavy atom. The van der Waals surface area contributed by atoms with Crippen molar-refractivity contribution in [3.05, 3.63) is 64.8 Å². The molecule has 0 unspecified atom stereocenters. The van der Waals surface area contributed by atoms with Gasteiger partial charge in [-0.25, -0.2) is 0 Å². The third-order valence-electron chi connectivity index (χ3n) is 3.02. The third-order valence-corrected chi connectivity index (χ3v) is 3.62. The summed E-state index contributed by atoms with van der Waals surface area (Å²) in [4.78, 5) is 12.1. The fourth-order valence-corrected chi connectivity index (χ4v) is 2.49. The Kier molecular flexibility index (Phi) is 3.13. The third kappa shape index (κ3) is 2.17. The van der Waals surface area contributed by atoms with Gasteiger partial charge in [0, 0.05) is 11.6 Å². The van der Waals surface area contributed by atoms with Crippen molar-refractivity contribution >= 4 is 22.7 Å². The number of benzene rings is 2. The smallest absolute Gasteiger partial charge is 0.193 e. The largest absolute Gasteiger partial charge is 0.449 e. The molecule has 0 aliphatic carbocycles. The van der Waals surface area contributed by atoms with E-state index < -0.39 is 0 Å². The molecule has 19 heavy (non-hydrogen) atoms. The predicted octanol–water partition coefficient (Wildman–Crippen LogP) is 4.18. The summed E-state index contributed by atoms with van der Waals surface area (Å²) >= 11 is 1.44. The van der Waals surface area contributed by atoms with Gasteiger partial charge < -0.3 is 4.42 Å². The Morgan fingerprint density at radius 3 is 2.53 bits per heavy atom. The monoisotopic (exact) mass is 268 g/mol. The van der Waals surface area contributed by atoms with Crippen molar-refractivity contribution in [2.75, 3.05) is 6.26 Å². The molecule has 0 radical (unpaired) electrons. The first-order valence-electron chi connectivity index (χ1n) is 5.96. The number of hydrogen-bond donors (Lipinski definition) is 0. The van der Waals surface area contributed by atoms with Crippen LogP contribution >= 0.6 is 11.8 Å². The number of rotatable bonds is 2. The molecule has 2 nitrogen and oxygen atoms in total. The first-order valence-corrected chi connectivity index (χ1v) is 7.18. The van der Waals surface area contributed by atoms with Crippen molar-refractivity contribution in [1.29, 1.82) is 0 Å². The highest BCUT2D eigenvalue weighted by Gasteiger charge is 2.09. The lowest BCUT2D eigenvalue weighted by molar-refractivity contribution is 0.501. The summed E-state index contributed by atoms with van der Waals surface area (Å²) in [6, 6.07) is 17.2. The zero-order valence-corrected chi connectivity index (χ0v) is 11.2. The van der Waals surface area contributed by atoms with Crippen LogP contribution in [0, 0.1) is 0 Å². The molecular formula is C16H12O2S. The zero-order valence-electron chi connectivity index (χ0n) is 10.4. The molecule has 0 atom stereocenters. The number of hydrogen-bond acceptors (Lipinski definition) is 3. The number of fused-ring (bicyclic) bond motifs is 1. The van der Waals surface area contributed by atoms with Crippen LogP contribution in [0.5, 0.6) is 0 Å². The molecule has 0 aliphatic heterocycles. The van der Waals surface area contributed by atoms with Crippen LogP contribution in [0.3, 0.4) is 0 Å². The van der Waals surface area contributed by atoms with E-state index in [2.05, 4.69) is 0 Å². The van der Waals surface area contributed by atoms with Crippen LogP contribution in [0.25, 0.3) is 22.1 Å². The van der Waals surface area contributed by atoms with Crippen LogP contribution < -0.4 is 5.43 Å². The van der Waals surface area contributed by atoms with Crippen molar-refractivity contribution in [1.82, 2.24) is 0 Å². The first kappa shape index (κ1) is 12.1. The number of para-hydroxylation sites is 1. The van der Waals surface area contributed by atoms with Crippen LogP contribution in [-0.4, -0.2) is 6.26 Å². The molecule has 1 heterocycles. The molecule has 0 N–H and O–H groups in total. The quantitative estimate of drug-likeness (QED) is 0.653. The second kappa shape index (κ2) is 4.94. The first-order chi connectivity index (χ1) is 9.29. The number of thioether (sulfide) groups is 1. The molecule has 0 aliphatic rings. The van der Waals surface area contributed by atoms with Crippen LogP contribution in [-0.2, 0) is 0 Å². The van der Waals surface area contributed by atoms with Crippen LogP contribution in [0.4, 0.5) is 0 Å². The van der Waals surface area contributed by atoms with E-state index in [0.717, 1.165) is 11.1 Å². The molecule has 0 saturated carbocycles. The average Bonchev–Trinajstić information content (AvgIpc) is 2.47. The molecule has 94 valence electrons. The topological polar surface area (TPSA) is 30.2 Å². The summed E-state index contributed by atoms with van der Waals surface area (Å²) < 4.78 is 5.84. The summed E-state index contributed by atoms with van der Waals surface area (Å²) in [7, 11) is 0. The molecule has 0 fully saturated rings. The van der Waals surface area contributed by atoms with Gasteiger partial charge in [0.05, 0.1) is 5.39 Å². The van der Waals surface area contributed by atoms with Gasteiger partial charge in [0.1, 0.15) is 5.58 Å². The Hall–Kier alpha value is -2.00. The van der Waals surface area contributed by atoms with Gasteiger partial charge in [-0.1, -0.05) is 54.2 Å². The van der Waals surface area contributed by atoms with Crippen molar-refractivity contribution in [3.8, 4) is 11.1 Å². The summed E-state index contributed by atoms with van der Waals surface area (Å²) in [6.45, 7) is 0. The fourth-order valence-electron chi connectivity index (χ4n) is 2.10. The Morgan fingerprint density at radius 2 is 1.79 bits per heavy atom. The molecule has 3 aromatic rings. The summed E-state index contributed by atoms with van der Waals surface area (Å²) in [5.74, 6) is 0. The van der Waals surface area contributed by atoms with E-state index in [1.54, 1.807) is 12.1 Å². The maximum Gasteiger partial charge on any atom is 0.193 e. The van der Waals surface area contributed by atoms with Gasteiger partial charge in [0.25, 0.3) is 0 Å². The minimum absolute atomic E-state index is 0.00313. The lowest BCUT2D eigenvalue weighted by Gasteiger charge is -2.06. The van der Waals surface area contributed by atoms with Crippen LogP contribution in [0.2, 0.25) is 0 Å². The highest BCUT2D eigenvalue weighted by Crippen LogP contribution is 2.29. The van der Waals surface area contributed by atoms with Gasteiger partial charge in [-0.05, 0) is 17.9 Å². The normalized spacial score (nSPS) is 10.8. The van der Waals surface area contributed by atoms with Gasteiger partial charge >= 0.3 is 0 Å². The van der Waals surface area contributed by atoms with Gasteiger partial charge in [-0.2, -0.15) is 0 Å². The fraction of sp³-hybridized carbons (Fsp3) is 0.0625. The van der Waals surface area contributed by atoms with E-state index in [4.69, 9.17) is 4.42 Å². The summed E-state index contributed by atoms with van der Waals surface area (Å²) in [5, 5.41) is 1.26. The van der Waals surface area contributed by atoms with E-state index in [9.17, 15) is 4.79 Å². The minimum atomic E-state index is 0.00313. The highest BCUT2D eigenvalue weighted by atomic mass is 32.2. The van der Waals surface area contributed by atoms with Gasteiger partial charge in [0.15, 0.2) is 10.5 Å². The van der Waals surface area contributed by atoms with Crippen molar-refractivity contribution in [2.45, 2.75) is 5.09 Å². The summed E-state index contributed by atoms with van der Waals surface area (Å²) in [6.07, 6.45) is 1.90. The van der Waals surface area contributed by atoms with Crippen LogP contribution in [0.15, 0.2) is 68.9 Å². The molecule has 0 amide bonds. The predicted molar refractivity (Wildman–Crippen MR) is 79.7 cm³/mol. The lowest BCUT2D eigenvalue weighted by Crippen LogP contribution is -2.00. The molecule has 0 saturated heterocycles. The van der Waals surface area contributed by atoms with Crippen molar-refractivity contribution in [3.63, 3.8) is 0 Å². The average molecular weight is 268 g/mol. The Labute approximate surface area is 115 Å². The Balaban J connectivity index is 2.37. The SMILES string of the molecule is CSc1cc(=O)c2cccc(-c3ccccc3)c2o1. The van der Waals surface area contributed by atoms with E-state index in [1.165, 1.54) is 11.8 Å². The second-order valence-corrected chi connectivity index (χ2v) is 4.99. The molecule has 3 rings (SSSR count). The van der Waals surface area contributed by atoms with Gasteiger partial charge in [-0.3, -0.25) is 4.79 Å². The molecule has 1 aromatic heterocycles. The van der Waals surface area contributed by atoms with Gasteiger partial charge in [-0.15, -0.1) is 0 Å².